The number of nitrogens with zero attached hydrogens (tertiary/aromatic N) is 2. The van der Waals surface area contributed by atoms with Gasteiger partial charge < -0.3 is 10.0 Å². The maximum Gasteiger partial charge on any atom is 0.267 e. The summed E-state index contributed by atoms with van der Waals surface area (Å²) in [6.07, 6.45) is 0.0886. The van der Waals surface area contributed by atoms with Crippen LogP contribution in [-0.2, 0) is 20.1 Å². The Bertz CT molecular complexity index is 459. The summed E-state index contributed by atoms with van der Waals surface area (Å²) < 4.78 is 53.8. The number of sulfonamides is 1. The lowest BCUT2D eigenvalue weighted by Gasteiger charge is -2.23. The largest absolute Gasteiger partial charge is 0.391 e. The van der Waals surface area contributed by atoms with Gasteiger partial charge in [0.25, 0.3) is 10.1 Å². The summed E-state index contributed by atoms with van der Waals surface area (Å²) in [7, 11) is -4.17. The normalized spacial score (nSPS) is 15.1. The molecule has 0 amide bonds. The van der Waals surface area contributed by atoms with E-state index < -0.39 is 32.0 Å². The lowest BCUT2D eigenvalue weighted by atomic mass is 10.3. The van der Waals surface area contributed by atoms with Crippen molar-refractivity contribution in [2.75, 3.05) is 45.7 Å². The molecule has 2 N–H and O–H groups in total. The third kappa shape index (κ3) is 10.2. The molecule has 0 aromatic rings. The average molecular weight is 318 g/mol. The molecule has 0 saturated heterocycles. The van der Waals surface area contributed by atoms with Crippen LogP contribution in [0.2, 0.25) is 0 Å². The van der Waals surface area contributed by atoms with Crippen LogP contribution in [0.25, 0.3) is 0 Å². The van der Waals surface area contributed by atoms with E-state index in [-0.39, 0.29) is 13.1 Å². The molecule has 0 bridgehead atoms. The highest BCUT2D eigenvalue weighted by molar-refractivity contribution is 7.88. The first kappa shape index (κ1) is 18.7. The standard InChI is InChI=1S/C9H22N2O6S2/c1-10(2)5-4-6-11(18(3,13)14)7-9(12)8-19(15,16)17/h9,12H,4-8H2,1-3H3,(H,15,16,17). The van der Waals surface area contributed by atoms with Crippen LogP contribution >= 0.6 is 0 Å². The molecule has 10 heteroatoms. The van der Waals surface area contributed by atoms with Gasteiger partial charge in [0.2, 0.25) is 10.0 Å². The van der Waals surface area contributed by atoms with Gasteiger partial charge in [0.05, 0.1) is 12.4 Å². The zero-order chi connectivity index (χ0) is 15.3. The molecular formula is C9H22N2O6S2. The van der Waals surface area contributed by atoms with Crippen molar-refractivity contribution in [1.82, 2.24) is 9.21 Å². The summed E-state index contributed by atoms with van der Waals surface area (Å²) in [6.45, 7) is 0.492. The molecule has 0 aromatic carbocycles. The predicted octanol–water partition coefficient (Wildman–Crippen LogP) is -1.55. The average Bonchev–Trinajstić information content (AvgIpc) is 2.10. The first-order valence-corrected chi connectivity index (χ1v) is 9.10. The van der Waals surface area contributed by atoms with Crippen LogP contribution < -0.4 is 0 Å². The number of aliphatic hydroxyl groups excluding tert-OH is 1. The van der Waals surface area contributed by atoms with Crippen LogP contribution in [0.1, 0.15) is 6.42 Å². The molecule has 0 radical (unpaired) electrons. The Morgan fingerprint density at radius 1 is 1.11 bits per heavy atom. The number of hydrogen-bond donors (Lipinski definition) is 2. The van der Waals surface area contributed by atoms with E-state index in [0.717, 1.165) is 10.6 Å². The maximum atomic E-state index is 11.5. The lowest BCUT2D eigenvalue weighted by molar-refractivity contribution is 0.162. The zero-order valence-electron chi connectivity index (χ0n) is 11.4. The fourth-order valence-corrected chi connectivity index (χ4v) is 2.98. The number of rotatable bonds is 9. The molecular weight excluding hydrogens is 296 g/mol. The van der Waals surface area contributed by atoms with E-state index in [0.29, 0.717) is 13.0 Å². The molecule has 0 heterocycles. The van der Waals surface area contributed by atoms with E-state index in [1.165, 1.54) is 0 Å². The van der Waals surface area contributed by atoms with Gasteiger partial charge in [-0.1, -0.05) is 0 Å². The van der Waals surface area contributed by atoms with Crippen molar-refractivity contribution in [3.63, 3.8) is 0 Å². The van der Waals surface area contributed by atoms with Gasteiger partial charge in [0.15, 0.2) is 0 Å². The van der Waals surface area contributed by atoms with Crippen LogP contribution in [0.4, 0.5) is 0 Å². The summed E-state index contributed by atoms with van der Waals surface area (Å²) in [6, 6.07) is 0. The monoisotopic (exact) mass is 318 g/mol. The summed E-state index contributed by atoms with van der Waals surface area (Å²) in [5.41, 5.74) is 0. The Hall–Kier alpha value is -0.260. The highest BCUT2D eigenvalue weighted by Gasteiger charge is 2.23. The van der Waals surface area contributed by atoms with Crippen LogP contribution in [-0.4, -0.2) is 87.5 Å². The SMILES string of the molecule is CN(C)CCCN(CC(O)CS(=O)(=O)O)S(C)(=O)=O. The van der Waals surface area contributed by atoms with Crippen molar-refractivity contribution in [2.45, 2.75) is 12.5 Å². The molecule has 116 valence electrons. The first-order valence-electron chi connectivity index (χ1n) is 5.65. The fraction of sp³-hybridized carbons (Fsp3) is 1.00. The molecule has 1 unspecified atom stereocenters. The van der Waals surface area contributed by atoms with Gasteiger partial charge in [0, 0.05) is 13.1 Å². The highest BCUT2D eigenvalue weighted by Crippen LogP contribution is 2.04. The third-order valence-corrected chi connectivity index (χ3v) is 4.37. The van der Waals surface area contributed by atoms with Gasteiger partial charge >= 0.3 is 0 Å². The maximum absolute atomic E-state index is 11.5. The van der Waals surface area contributed by atoms with E-state index in [2.05, 4.69) is 0 Å². The van der Waals surface area contributed by atoms with Crippen LogP contribution in [0.5, 0.6) is 0 Å². The summed E-state index contributed by atoms with van der Waals surface area (Å²) >= 11 is 0. The molecule has 0 aromatic heterocycles. The van der Waals surface area contributed by atoms with Gasteiger partial charge in [-0.3, -0.25) is 4.55 Å². The smallest absolute Gasteiger partial charge is 0.267 e. The number of hydrogen-bond acceptors (Lipinski definition) is 6. The second-order valence-electron chi connectivity index (χ2n) is 4.68. The van der Waals surface area contributed by atoms with E-state index in [1.54, 1.807) is 0 Å². The van der Waals surface area contributed by atoms with Gasteiger partial charge in [-0.25, -0.2) is 8.42 Å². The van der Waals surface area contributed by atoms with E-state index in [4.69, 9.17) is 4.55 Å². The molecule has 0 aliphatic rings. The van der Waals surface area contributed by atoms with Gasteiger partial charge in [-0.15, -0.1) is 0 Å². The Morgan fingerprint density at radius 3 is 2.00 bits per heavy atom. The molecule has 0 spiro atoms. The van der Waals surface area contributed by atoms with Crippen LogP contribution in [0.3, 0.4) is 0 Å². The summed E-state index contributed by atoms with van der Waals surface area (Å²) in [4.78, 5) is 1.88. The van der Waals surface area contributed by atoms with Crippen molar-refractivity contribution < 1.29 is 26.5 Å². The Kier molecular flexibility index (Phi) is 7.40. The molecule has 8 nitrogen and oxygen atoms in total. The Labute approximate surface area is 114 Å². The zero-order valence-corrected chi connectivity index (χ0v) is 13.0. The van der Waals surface area contributed by atoms with Gasteiger partial charge in [0.1, 0.15) is 5.75 Å². The van der Waals surface area contributed by atoms with Crippen LogP contribution in [0, 0.1) is 0 Å². The van der Waals surface area contributed by atoms with E-state index in [9.17, 15) is 21.9 Å². The van der Waals surface area contributed by atoms with Crippen molar-refractivity contribution in [1.29, 1.82) is 0 Å². The minimum absolute atomic E-state index is 0.180. The number of aliphatic hydroxyl groups is 1. The quantitative estimate of drug-likeness (QED) is 0.494. The Morgan fingerprint density at radius 2 is 1.63 bits per heavy atom. The minimum Gasteiger partial charge on any atom is -0.391 e. The van der Waals surface area contributed by atoms with Crippen molar-refractivity contribution in [3.05, 3.63) is 0 Å². The van der Waals surface area contributed by atoms with Gasteiger partial charge in [-0.05, 0) is 27.1 Å². The third-order valence-electron chi connectivity index (χ3n) is 2.30. The molecule has 1 atom stereocenters. The molecule has 19 heavy (non-hydrogen) atoms. The van der Waals surface area contributed by atoms with E-state index in [1.807, 2.05) is 19.0 Å². The molecule has 0 fully saturated rings. The second kappa shape index (κ2) is 7.50. The van der Waals surface area contributed by atoms with Crippen molar-refractivity contribution >= 4 is 20.1 Å². The van der Waals surface area contributed by atoms with Crippen molar-refractivity contribution in [3.8, 4) is 0 Å². The summed E-state index contributed by atoms with van der Waals surface area (Å²) in [5, 5.41) is 9.47. The van der Waals surface area contributed by atoms with Crippen molar-refractivity contribution in [2.24, 2.45) is 0 Å². The molecule has 0 aliphatic carbocycles. The molecule has 0 aliphatic heterocycles. The fourth-order valence-electron chi connectivity index (χ4n) is 1.49. The molecule has 0 rings (SSSR count). The van der Waals surface area contributed by atoms with E-state index >= 15 is 0 Å². The van der Waals surface area contributed by atoms with Crippen LogP contribution in [0.15, 0.2) is 0 Å². The topological polar surface area (TPSA) is 115 Å². The second-order valence-corrected chi connectivity index (χ2v) is 8.16. The molecule has 0 saturated carbocycles. The van der Waals surface area contributed by atoms with Gasteiger partial charge in [-0.2, -0.15) is 12.7 Å². The minimum atomic E-state index is -4.33. The Balaban J connectivity index is 4.53. The lowest BCUT2D eigenvalue weighted by Crippen LogP contribution is -2.40. The highest BCUT2D eigenvalue weighted by atomic mass is 32.2. The first-order chi connectivity index (χ1) is 8.42. The summed E-state index contributed by atoms with van der Waals surface area (Å²) in [5.74, 6) is -0.882. The predicted molar refractivity (Wildman–Crippen MR) is 72.0 cm³/mol.